The lowest BCUT2D eigenvalue weighted by Crippen LogP contribution is -2.30. The van der Waals surface area contributed by atoms with Gasteiger partial charge in [-0.2, -0.15) is 18.4 Å². The highest BCUT2D eigenvalue weighted by Gasteiger charge is 2.30. The van der Waals surface area contributed by atoms with Crippen LogP contribution in [0.25, 0.3) is 0 Å². The van der Waals surface area contributed by atoms with E-state index in [0.717, 1.165) is 17.7 Å². The number of nitriles is 1. The van der Waals surface area contributed by atoms with E-state index < -0.39 is 17.7 Å². The molecule has 0 radical (unpaired) electrons. The summed E-state index contributed by atoms with van der Waals surface area (Å²) in [5.74, 6) is -0.432. The van der Waals surface area contributed by atoms with E-state index in [9.17, 15) is 23.2 Å². The first-order valence-electron chi connectivity index (χ1n) is 8.35. The zero-order valence-electron chi connectivity index (χ0n) is 14.8. The topological polar surface area (TPSA) is 53.3 Å². The maximum atomic E-state index is 12.7. The molecule has 142 valence electrons. The van der Waals surface area contributed by atoms with E-state index in [0.29, 0.717) is 17.7 Å². The fourth-order valence-electron chi connectivity index (χ4n) is 2.62. The van der Waals surface area contributed by atoms with Crippen LogP contribution in [0.3, 0.4) is 0 Å². The van der Waals surface area contributed by atoms with Crippen molar-refractivity contribution in [2.75, 3.05) is 13.2 Å². The van der Waals surface area contributed by atoms with Crippen LogP contribution in [0.15, 0.2) is 48.5 Å². The summed E-state index contributed by atoms with van der Waals surface area (Å²) in [6.07, 6.45) is -4.39. The van der Waals surface area contributed by atoms with Gasteiger partial charge in [-0.1, -0.05) is 30.3 Å². The second kappa shape index (κ2) is 9.19. The van der Waals surface area contributed by atoms with Crippen molar-refractivity contribution in [1.82, 2.24) is 4.90 Å². The van der Waals surface area contributed by atoms with Crippen LogP contribution < -0.4 is 0 Å². The highest BCUT2D eigenvalue weighted by atomic mass is 19.4. The van der Waals surface area contributed by atoms with Crippen molar-refractivity contribution in [1.29, 1.82) is 5.26 Å². The maximum absolute atomic E-state index is 12.7. The number of hydrogen-bond donors (Lipinski definition) is 0. The number of nitrogens with zero attached hydrogens (tertiary/aromatic N) is 2. The first-order valence-corrected chi connectivity index (χ1v) is 8.35. The molecule has 2 rings (SSSR count). The van der Waals surface area contributed by atoms with Crippen LogP contribution >= 0.6 is 0 Å². The Morgan fingerprint density at radius 2 is 1.78 bits per heavy atom. The fourth-order valence-corrected chi connectivity index (χ4v) is 2.62. The lowest BCUT2D eigenvalue weighted by Gasteiger charge is -2.22. The summed E-state index contributed by atoms with van der Waals surface area (Å²) >= 11 is 0. The van der Waals surface area contributed by atoms with Gasteiger partial charge in [0.2, 0.25) is 0 Å². The summed E-state index contributed by atoms with van der Waals surface area (Å²) < 4.78 is 43.1. The molecule has 27 heavy (non-hydrogen) atoms. The predicted molar refractivity (Wildman–Crippen MR) is 93.3 cm³/mol. The van der Waals surface area contributed by atoms with Crippen molar-refractivity contribution in [2.24, 2.45) is 0 Å². The second-order valence-electron chi connectivity index (χ2n) is 5.91. The van der Waals surface area contributed by atoms with Crippen LogP contribution in [-0.4, -0.2) is 24.0 Å². The molecule has 0 aliphatic carbocycles. The average Bonchev–Trinajstić information content (AvgIpc) is 2.62. The number of halogens is 3. The van der Waals surface area contributed by atoms with Crippen LogP contribution in [-0.2, 0) is 28.8 Å². The Hall–Kier alpha value is -2.85. The van der Waals surface area contributed by atoms with Gasteiger partial charge < -0.3 is 4.74 Å². The minimum atomic E-state index is -4.39. The van der Waals surface area contributed by atoms with Crippen molar-refractivity contribution in [3.8, 4) is 6.07 Å². The molecule has 0 aromatic heterocycles. The van der Waals surface area contributed by atoms with Gasteiger partial charge in [-0.3, -0.25) is 9.69 Å². The standard InChI is InChI=1S/C20H19F3N2O2/c1-2-27-19(26)14-25(13-17-6-4-3-5-16(17)11-24)12-15-7-9-18(10-8-15)20(21,22)23/h3-10H,2,12-14H2,1H3. The Labute approximate surface area is 155 Å². The molecule has 0 spiro atoms. The summed E-state index contributed by atoms with van der Waals surface area (Å²) in [5, 5.41) is 9.23. The summed E-state index contributed by atoms with van der Waals surface area (Å²) in [6, 6.07) is 13.9. The van der Waals surface area contributed by atoms with E-state index in [2.05, 4.69) is 6.07 Å². The summed E-state index contributed by atoms with van der Waals surface area (Å²) in [5.41, 5.74) is 1.12. The SMILES string of the molecule is CCOC(=O)CN(Cc1ccc(C(F)(F)F)cc1)Cc1ccccc1C#N. The third-order valence-electron chi connectivity index (χ3n) is 3.88. The van der Waals surface area contributed by atoms with Crippen LogP contribution in [0.5, 0.6) is 0 Å². The van der Waals surface area contributed by atoms with E-state index in [1.54, 1.807) is 36.1 Å². The van der Waals surface area contributed by atoms with Gasteiger partial charge in [0.1, 0.15) is 0 Å². The molecule has 0 N–H and O–H groups in total. The Morgan fingerprint density at radius 1 is 1.11 bits per heavy atom. The minimum absolute atomic E-state index is 0.0331. The molecular formula is C20H19F3N2O2. The number of esters is 1. The van der Waals surface area contributed by atoms with E-state index in [1.807, 2.05) is 0 Å². The first kappa shape index (κ1) is 20.5. The van der Waals surface area contributed by atoms with Gasteiger partial charge in [0, 0.05) is 13.1 Å². The number of benzene rings is 2. The number of rotatable bonds is 7. The summed E-state index contributed by atoms with van der Waals surface area (Å²) in [4.78, 5) is 13.6. The molecule has 4 nitrogen and oxygen atoms in total. The highest BCUT2D eigenvalue weighted by Crippen LogP contribution is 2.29. The van der Waals surface area contributed by atoms with Crippen LogP contribution in [0, 0.1) is 11.3 Å². The Balaban J connectivity index is 2.19. The molecule has 0 atom stereocenters. The quantitative estimate of drug-likeness (QED) is 0.682. The number of carbonyl (C=O) groups is 1. The molecule has 0 saturated carbocycles. The third kappa shape index (κ3) is 6.12. The molecule has 7 heteroatoms. The molecule has 0 saturated heterocycles. The Bertz CT molecular complexity index is 811. The van der Waals surface area contributed by atoms with Crippen molar-refractivity contribution in [3.63, 3.8) is 0 Å². The lowest BCUT2D eigenvalue weighted by atomic mass is 10.1. The van der Waals surface area contributed by atoms with Crippen LogP contribution in [0.2, 0.25) is 0 Å². The first-order chi connectivity index (χ1) is 12.8. The van der Waals surface area contributed by atoms with Gasteiger partial charge in [0.15, 0.2) is 0 Å². The molecule has 0 aliphatic rings. The van der Waals surface area contributed by atoms with Crippen LogP contribution in [0.4, 0.5) is 13.2 Å². The van der Waals surface area contributed by atoms with Crippen molar-refractivity contribution in [3.05, 3.63) is 70.8 Å². The molecular weight excluding hydrogens is 357 g/mol. The Morgan fingerprint density at radius 3 is 2.37 bits per heavy atom. The maximum Gasteiger partial charge on any atom is 0.416 e. The second-order valence-corrected chi connectivity index (χ2v) is 5.91. The third-order valence-corrected chi connectivity index (χ3v) is 3.88. The smallest absolute Gasteiger partial charge is 0.416 e. The number of carbonyl (C=O) groups excluding carboxylic acids is 1. The lowest BCUT2D eigenvalue weighted by molar-refractivity contribution is -0.144. The number of ether oxygens (including phenoxy) is 1. The van der Waals surface area contributed by atoms with Gasteiger partial charge in [-0.25, -0.2) is 0 Å². The van der Waals surface area contributed by atoms with Gasteiger partial charge in [0.25, 0.3) is 0 Å². The Kier molecular flexibility index (Phi) is 6.97. The monoisotopic (exact) mass is 376 g/mol. The van der Waals surface area contributed by atoms with Crippen LogP contribution in [0.1, 0.15) is 29.2 Å². The van der Waals surface area contributed by atoms with Gasteiger partial charge in [0.05, 0.1) is 30.3 Å². The van der Waals surface area contributed by atoms with Crippen molar-refractivity contribution >= 4 is 5.97 Å². The average molecular weight is 376 g/mol. The van der Waals surface area contributed by atoms with E-state index in [1.165, 1.54) is 12.1 Å². The van der Waals surface area contributed by atoms with Crippen molar-refractivity contribution in [2.45, 2.75) is 26.2 Å². The van der Waals surface area contributed by atoms with E-state index in [4.69, 9.17) is 4.74 Å². The zero-order valence-corrected chi connectivity index (χ0v) is 14.8. The normalized spacial score (nSPS) is 11.3. The van der Waals surface area contributed by atoms with E-state index in [-0.39, 0.29) is 19.7 Å². The zero-order chi connectivity index (χ0) is 19.9. The van der Waals surface area contributed by atoms with Gasteiger partial charge >= 0.3 is 12.1 Å². The van der Waals surface area contributed by atoms with E-state index >= 15 is 0 Å². The molecule has 0 aliphatic heterocycles. The molecule has 0 unspecified atom stereocenters. The minimum Gasteiger partial charge on any atom is -0.465 e. The molecule has 0 heterocycles. The van der Waals surface area contributed by atoms with Crippen molar-refractivity contribution < 1.29 is 22.7 Å². The molecule has 2 aromatic rings. The molecule has 2 aromatic carbocycles. The molecule has 0 amide bonds. The molecule has 0 fully saturated rings. The number of hydrogen-bond acceptors (Lipinski definition) is 4. The van der Waals surface area contributed by atoms with Gasteiger partial charge in [-0.05, 0) is 36.2 Å². The summed E-state index contributed by atoms with van der Waals surface area (Å²) in [6.45, 7) is 2.44. The highest BCUT2D eigenvalue weighted by molar-refractivity contribution is 5.71. The predicted octanol–water partition coefficient (Wildman–Crippen LogP) is 4.14. The van der Waals surface area contributed by atoms with Gasteiger partial charge in [-0.15, -0.1) is 0 Å². The summed E-state index contributed by atoms with van der Waals surface area (Å²) in [7, 11) is 0. The number of alkyl halides is 3. The fraction of sp³-hybridized carbons (Fsp3) is 0.300. The largest absolute Gasteiger partial charge is 0.465 e. The molecule has 0 bridgehead atoms.